The maximum Gasteiger partial charge on any atom is 0.251 e. The fourth-order valence-electron chi connectivity index (χ4n) is 4.97. The van der Waals surface area contributed by atoms with Crippen molar-refractivity contribution in [3.63, 3.8) is 0 Å². The normalized spacial score (nSPS) is 20.8. The third kappa shape index (κ3) is 5.18. The van der Waals surface area contributed by atoms with Gasteiger partial charge in [0.2, 0.25) is 0 Å². The van der Waals surface area contributed by atoms with Gasteiger partial charge in [-0.2, -0.15) is 0 Å². The Labute approximate surface area is 235 Å². The van der Waals surface area contributed by atoms with Gasteiger partial charge in [-0.1, -0.05) is 54.6 Å². The number of ether oxygens (including phenoxy) is 4. The summed E-state index contributed by atoms with van der Waals surface area (Å²) >= 11 is 5.19. The van der Waals surface area contributed by atoms with E-state index in [2.05, 4.69) is 4.98 Å². The predicted molar refractivity (Wildman–Crippen MR) is 149 cm³/mol. The summed E-state index contributed by atoms with van der Waals surface area (Å²) in [6, 6.07) is 25.8. The third-order valence-corrected chi connectivity index (χ3v) is 7.37. The van der Waals surface area contributed by atoms with Crippen LogP contribution in [-0.4, -0.2) is 53.9 Å². The second-order valence-electron chi connectivity index (χ2n) is 9.33. The molecule has 3 aromatic carbocycles. The summed E-state index contributed by atoms with van der Waals surface area (Å²) in [6.07, 6.45) is -4.23. The molecule has 2 heterocycles. The van der Waals surface area contributed by atoms with E-state index in [0.717, 1.165) is 16.7 Å². The largest absolute Gasteiger partial charge is 0.497 e. The first-order valence-electron chi connectivity index (χ1n) is 12.6. The highest BCUT2D eigenvalue weighted by molar-refractivity contribution is 7.71. The molecule has 1 aliphatic rings. The molecule has 0 unspecified atom stereocenters. The summed E-state index contributed by atoms with van der Waals surface area (Å²) in [6.45, 7) is -0.165. The van der Waals surface area contributed by atoms with Gasteiger partial charge in [0.1, 0.15) is 29.3 Å². The Balaban J connectivity index is 1.56. The first-order valence-corrected chi connectivity index (χ1v) is 13.1. The number of nitrogens with one attached hydrogen (secondary N) is 1. The van der Waals surface area contributed by atoms with Crippen molar-refractivity contribution in [3.05, 3.63) is 123 Å². The second-order valence-corrected chi connectivity index (χ2v) is 9.72. The molecule has 0 amide bonds. The van der Waals surface area contributed by atoms with E-state index in [1.165, 1.54) is 16.8 Å². The number of aromatic nitrogens is 2. The molecule has 4 aromatic rings. The van der Waals surface area contributed by atoms with E-state index in [9.17, 15) is 9.90 Å². The molecular formula is C30H29FN2O6S. The van der Waals surface area contributed by atoms with E-state index in [0.29, 0.717) is 11.5 Å². The molecule has 0 saturated carbocycles. The molecule has 10 heteroatoms. The van der Waals surface area contributed by atoms with Gasteiger partial charge >= 0.3 is 0 Å². The lowest BCUT2D eigenvalue weighted by Crippen LogP contribution is -2.39. The van der Waals surface area contributed by atoms with Gasteiger partial charge in [0.15, 0.2) is 17.2 Å². The molecule has 0 aliphatic carbocycles. The first-order chi connectivity index (χ1) is 19.4. The summed E-state index contributed by atoms with van der Waals surface area (Å²) in [4.78, 5) is 14.1. The average molecular weight is 565 g/mol. The molecule has 4 atom stereocenters. The topological polar surface area (TPSA) is 94.9 Å². The van der Waals surface area contributed by atoms with E-state index >= 15 is 4.39 Å². The van der Waals surface area contributed by atoms with Crippen LogP contribution in [0.1, 0.15) is 22.9 Å². The summed E-state index contributed by atoms with van der Waals surface area (Å²) in [5.41, 5.74) is 0.804. The summed E-state index contributed by atoms with van der Waals surface area (Å²) in [7, 11) is 3.19. The number of rotatable bonds is 9. The fourth-order valence-corrected chi connectivity index (χ4v) is 5.24. The standard InChI is InChI=1S/C30H29FN2O6S/c1-36-22-12-8-20(9-13-22)30(19-6-4-3-5-7-19,21-10-14-23(37-2)15-11-21)38-18-24-27(35)26(31)28(39-24)33-17-16-25(34)32-29(33)40/h3-17,24,26-28,35H,18H2,1-2H3,(H,32,34,40)/t24-,26-,27-,28-/m1/s1. The van der Waals surface area contributed by atoms with E-state index in [4.69, 9.17) is 31.2 Å². The lowest BCUT2D eigenvalue weighted by Gasteiger charge is -2.37. The molecular weight excluding hydrogens is 535 g/mol. The van der Waals surface area contributed by atoms with Crippen LogP contribution >= 0.6 is 12.2 Å². The number of H-pyrrole nitrogens is 1. The maximum atomic E-state index is 15.3. The summed E-state index contributed by atoms with van der Waals surface area (Å²) in [5.74, 6) is 1.35. The monoisotopic (exact) mass is 564 g/mol. The van der Waals surface area contributed by atoms with Crippen molar-refractivity contribution in [1.29, 1.82) is 0 Å². The van der Waals surface area contributed by atoms with Gasteiger partial charge < -0.3 is 24.1 Å². The molecule has 1 saturated heterocycles. The zero-order valence-electron chi connectivity index (χ0n) is 21.9. The number of methoxy groups -OCH3 is 2. The van der Waals surface area contributed by atoms with Gasteiger partial charge in [-0.05, 0) is 53.2 Å². The number of benzene rings is 3. The van der Waals surface area contributed by atoms with Gasteiger partial charge in [0, 0.05) is 12.3 Å². The SMILES string of the molecule is COc1ccc(C(OC[C@H]2O[C@@H](n3ccc(=O)[nH]c3=S)[C@H](F)[C@@H]2O)(c2ccccc2)c2ccc(OC)cc2)cc1. The highest BCUT2D eigenvalue weighted by atomic mass is 32.1. The van der Waals surface area contributed by atoms with Crippen molar-refractivity contribution in [1.82, 2.24) is 9.55 Å². The Bertz CT molecular complexity index is 1490. The zero-order valence-corrected chi connectivity index (χ0v) is 22.7. The van der Waals surface area contributed by atoms with Crippen molar-refractivity contribution in [3.8, 4) is 11.5 Å². The molecule has 0 bridgehead atoms. The van der Waals surface area contributed by atoms with Gasteiger partial charge in [0.25, 0.3) is 5.56 Å². The number of hydrogen-bond acceptors (Lipinski definition) is 7. The molecule has 1 aliphatic heterocycles. The van der Waals surface area contributed by atoms with Crippen LogP contribution < -0.4 is 15.0 Å². The molecule has 5 rings (SSSR count). The number of alkyl halides is 1. The molecule has 2 N–H and O–H groups in total. The number of nitrogens with zero attached hydrogens (tertiary/aromatic N) is 1. The number of aliphatic hydroxyl groups excluding tert-OH is 1. The van der Waals surface area contributed by atoms with Crippen molar-refractivity contribution in [2.75, 3.05) is 20.8 Å². The van der Waals surface area contributed by atoms with Crippen LogP contribution in [0.2, 0.25) is 0 Å². The van der Waals surface area contributed by atoms with Crippen molar-refractivity contribution in [2.24, 2.45) is 0 Å². The van der Waals surface area contributed by atoms with Crippen LogP contribution in [-0.2, 0) is 15.1 Å². The van der Waals surface area contributed by atoms with E-state index in [1.807, 2.05) is 78.9 Å². The van der Waals surface area contributed by atoms with Gasteiger partial charge in [0.05, 0.1) is 20.8 Å². The molecule has 0 spiro atoms. The van der Waals surface area contributed by atoms with Gasteiger partial charge in [-0.15, -0.1) is 0 Å². The quantitative estimate of drug-likeness (QED) is 0.228. The van der Waals surface area contributed by atoms with E-state index in [-0.39, 0.29) is 11.4 Å². The Morgan fingerprint density at radius 1 is 0.925 bits per heavy atom. The van der Waals surface area contributed by atoms with Crippen LogP contribution in [0.4, 0.5) is 4.39 Å². The van der Waals surface area contributed by atoms with Crippen LogP contribution in [0.25, 0.3) is 0 Å². The molecule has 208 valence electrons. The smallest absolute Gasteiger partial charge is 0.251 e. The number of hydrogen-bond donors (Lipinski definition) is 2. The number of aliphatic hydroxyl groups is 1. The zero-order chi connectivity index (χ0) is 28.3. The Kier molecular flexibility index (Phi) is 8.13. The minimum atomic E-state index is -1.81. The molecule has 0 radical (unpaired) electrons. The maximum absolute atomic E-state index is 15.3. The Morgan fingerprint density at radius 2 is 1.48 bits per heavy atom. The molecule has 8 nitrogen and oxygen atoms in total. The van der Waals surface area contributed by atoms with Crippen LogP contribution in [0.5, 0.6) is 11.5 Å². The highest BCUT2D eigenvalue weighted by Gasteiger charge is 2.47. The third-order valence-electron chi connectivity index (χ3n) is 7.06. The van der Waals surface area contributed by atoms with E-state index < -0.39 is 35.8 Å². The lowest BCUT2D eigenvalue weighted by molar-refractivity contribution is -0.0947. The number of aromatic amines is 1. The Morgan fingerprint density at radius 3 is 2.00 bits per heavy atom. The minimum Gasteiger partial charge on any atom is -0.497 e. The minimum absolute atomic E-state index is 0.0102. The van der Waals surface area contributed by atoms with E-state index in [1.54, 1.807) is 14.2 Å². The van der Waals surface area contributed by atoms with Crippen LogP contribution in [0.3, 0.4) is 0 Å². The summed E-state index contributed by atoms with van der Waals surface area (Å²) in [5, 5.41) is 10.8. The average Bonchev–Trinajstić information content (AvgIpc) is 3.27. The Hall–Kier alpha value is -3.83. The molecule has 40 heavy (non-hydrogen) atoms. The number of halogens is 1. The fraction of sp³-hybridized carbons (Fsp3) is 0.267. The van der Waals surface area contributed by atoms with Crippen molar-refractivity contribution >= 4 is 12.2 Å². The first kappa shape index (κ1) is 27.7. The lowest BCUT2D eigenvalue weighted by atomic mass is 9.80. The van der Waals surface area contributed by atoms with Crippen molar-refractivity contribution in [2.45, 2.75) is 30.2 Å². The molecule has 1 fully saturated rings. The van der Waals surface area contributed by atoms with Gasteiger partial charge in [-0.25, -0.2) is 4.39 Å². The predicted octanol–water partition coefficient (Wildman–Crippen LogP) is 4.53. The van der Waals surface area contributed by atoms with Crippen molar-refractivity contribution < 1.29 is 28.4 Å². The van der Waals surface area contributed by atoms with Gasteiger partial charge in [-0.3, -0.25) is 14.3 Å². The van der Waals surface area contributed by atoms with Crippen LogP contribution in [0.15, 0.2) is 95.9 Å². The van der Waals surface area contributed by atoms with Crippen LogP contribution in [0, 0.1) is 4.77 Å². The molecule has 1 aromatic heterocycles. The second kappa shape index (κ2) is 11.7. The summed E-state index contributed by atoms with van der Waals surface area (Å²) < 4.78 is 40.1. The highest BCUT2D eigenvalue weighted by Crippen LogP contribution is 2.43.